The summed E-state index contributed by atoms with van der Waals surface area (Å²) in [5.74, 6) is -1.19. The fourth-order valence-electron chi connectivity index (χ4n) is 2.41. The minimum absolute atomic E-state index is 0.0179. The first kappa shape index (κ1) is 20.0. The topological polar surface area (TPSA) is 108 Å². The Kier molecular flexibility index (Phi) is 6.54. The van der Waals surface area contributed by atoms with Crippen LogP contribution in [0.4, 0.5) is 10.5 Å². The van der Waals surface area contributed by atoms with Crippen molar-refractivity contribution in [2.24, 2.45) is 0 Å². The van der Waals surface area contributed by atoms with Crippen molar-refractivity contribution in [2.75, 3.05) is 5.32 Å². The first-order valence-corrected chi connectivity index (χ1v) is 8.55. The maximum absolute atomic E-state index is 12.2. The van der Waals surface area contributed by atoms with Gasteiger partial charge in [0.25, 0.3) is 5.91 Å². The molecule has 3 amide bonds. The van der Waals surface area contributed by atoms with E-state index >= 15 is 0 Å². The van der Waals surface area contributed by atoms with Gasteiger partial charge >= 0.3 is 12.0 Å². The van der Waals surface area contributed by atoms with Crippen LogP contribution in [0.5, 0.6) is 0 Å². The molecule has 0 fully saturated rings. The number of hydrogen-bond donors (Lipinski definition) is 4. The molecule has 7 heteroatoms. The van der Waals surface area contributed by atoms with Crippen molar-refractivity contribution in [3.8, 4) is 0 Å². The summed E-state index contributed by atoms with van der Waals surface area (Å²) in [6, 6.07) is 11.0. The number of urea groups is 1. The predicted molar refractivity (Wildman–Crippen MR) is 103 cm³/mol. The highest BCUT2D eigenvalue weighted by atomic mass is 16.4. The Morgan fingerprint density at radius 1 is 1.04 bits per heavy atom. The third kappa shape index (κ3) is 5.85. The SMILES string of the molecule is Cc1ccc(NC(=O)NCc2ccc(C(=O)O)cc2)cc1C(=O)NC(C)C. The molecule has 0 aliphatic carbocycles. The van der Waals surface area contributed by atoms with Crippen LogP contribution in [0.1, 0.15) is 45.7 Å². The average molecular weight is 369 g/mol. The molecule has 2 aromatic rings. The first-order chi connectivity index (χ1) is 12.8. The molecular formula is C20H23N3O4. The van der Waals surface area contributed by atoms with E-state index in [9.17, 15) is 14.4 Å². The second-order valence-corrected chi connectivity index (χ2v) is 6.47. The largest absolute Gasteiger partial charge is 0.478 e. The van der Waals surface area contributed by atoms with Crippen LogP contribution in [-0.2, 0) is 6.54 Å². The molecule has 0 unspecified atom stereocenters. The van der Waals surface area contributed by atoms with E-state index in [4.69, 9.17) is 5.11 Å². The zero-order valence-electron chi connectivity index (χ0n) is 15.5. The molecular weight excluding hydrogens is 346 g/mol. The average Bonchev–Trinajstić information content (AvgIpc) is 2.61. The number of nitrogens with one attached hydrogen (secondary N) is 3. The number of rotatable bonds is 6. The van der Waals surface area contributed by atoms with Gasteiger partial charge in [0.2, 0.25) is 0 Å². The number of carboxylic acid groups (broad SMARTS) is 1. The predicted octanol–water partition coefficient (Wildman–Crippen LogP) is 3.15. The molecule has 0 aliphatic heterocycles. The molecule has 0 saturated carbocycles. The number of carbonyl (C=O) groups excluding carboxylic acids is 2. The summed E-state index contributed by atoms with van der Waals surface area (Å²) in [7, 11) is 0. The molecule has 0 bridgehead atoms. The van der Waals surface area contributed by atoms with Gasteiger partial charge in [-0.25, -0.2) is 9.59 Å². The third-order valence-electron chi connectivity index (χ3n) is 3.81. The van der Waals surface area contributed by atoms with E-state index in [-0.39, 0.29) is 24.1 Å². The number of anilines is 1. The smallest absolute Gasteiger partial charge is 0.335 e. The van der Waals surface area contributed by atoms with Crippen LogP contribution >= 0.6 is 0 Å². The summed E-state index contributed by atoms with van der Waals surface area (Å²) >= 11 is 0. The Hall–Kier alpha value is -3.35. The number of carbonyl (C=O) groups is 3. The van der Waals surface area contributed by atoms with Gasteiger partial charge < -0.3 is 21.1 Å². The number of carboxylic acids is 1. The fraction of sp³-hybridized carbons (Fsp3) is 0.250. The van der Waals surface area contributed by atoms with Crippen molar-refractivity contribution in [3.05, 3.63) is 64.7 Å². The maximum Gasteiger partial charge on any atom is 0.335 e. The monoisotopic (exact) mass is 369 g/mol. The molecule has 0 aromatic heterocycles. The van der Waals surface area contributed by atoms with Gasteiger partial charge in [-0.1, -0.05) is 18.2 Å². The highest BCUT2D eigenvalue weighted by Crippen LogP contribution is 2.15. The van der Waals surface area contributed by atoms with Crippen molar-refractivity contribution in [1.29, 1.82) is 0 Å². The van der Waals surface area contributed by atoms with Gasteiger partial charge in [-0.15, -0.1) is 0 Å². The molecule has 27 heavy (non-hydrogen) atoms. The minimum atomic E-state index is -0.996. The lowest BCUT2D eigenvalue weighted by Gasteiger charge is -2.13. The molecule has 0 heterocycles. The van der Waals surface area contributed by atoms with Gasteiger partial charge in [0.15, 0.2) is 0 Å². The van der Waals surface area contributed by atoms with Crippen molar-refractivity contribution in [2.45, 2.75) is 33.4 Å². The zero-order chi connectivity index (χ0) is 20.0. The lowest BCUT2D eigenvalue weighted by atomic mass is 10.1. The van der Waals surface area contributed by atoms with Crippen molar-refractivity contribution < 1.29 is 19.5 Å². The van der Waals surface area contributed by atoms with E-state index in [1.54, 1.807) is 30.3 Å². The van der Waals surface area contributed by atoms with Gasteiger partial charge in [-0.05, 0) is 56.2 Å². The summed E-state index contributed by atoms with van der Waals surface area (Å²) in [5.41, 5.74) is 2.79. The first-order valence-electron chi connectivity index (χ1n) is 8.55. The highest BCUT2D eigenvalue weighted by molar-refractivity contribution is 5.98. The van der Waals surface area contributed by atoms with Gasteiger partial charge in [0, 0.05) is 23.8 Å². The maximum atomic E-state index is 12.2. The highest BCUT2D eigenvalue weighted by Gasteiger charge is 2.12. The second-order valence-electron chi connectivity index (χ2n) is 6.47. The molecule has 0 spiro atoms. The van der Waals surface area contributed by atoms with Crippen LogP contribution in [0.3, 0.4) is 0 Å². The van der Waals surface area contributed by atoms with Crippen molar-refractivity contribution in [1.82, 2.24) is 10.6 Å². The fourth-order valence-corrected chi connectivity index (χ4v) is 2.41. The lowest BCUT2D eigenvalue weighted by Crippen LogP contribution is -2.31. The molecule has 2 rings (SSSR count). The lowest BCUT2D eigenvalue weighted by molar-refractivity contribution is 0.0696. The van der Waals surface area contributed by atoms with E-state index in [0.717, 1.165) is 11.1 Å². The van der Waals surface area contributed by atoms with Crippen LogP contribution in [0.25, 0.3) is 0 Å². The van der Waals surface area contributed by atoms with E-state index in [2.05, 4.69) is 16.0 Å². The van der Waals surface area contributed by atoms with Crippen LogP contribution in [0.2, 0.25) is 0 Å². The number of benzene rings is 2. The number of aromatic carboxylic acids is 1. The zero-order valence-corrected chi connectivity index (χ0v) is 15.5. The quantitative estimate of drug-likeness (QED) is 0.627. The summed E-state index contributed by atoms with van der Waals surface area (Å²) in [5, 5.41) is 17.1. The Morgan fingerprint density at radius 3 is 2.30 bits per heavy atom. The van der Waals surface area contributed by atoms with Gasteiger partial charge in [0.05, 0.1) is 5.56 Å². The van der Waals surface area contributed by atoms with Gasteiger partial charge in [-0.3, -0.25) is 4.79 Å². The van der Waals surface area contributed by atoms with Crippen molar-refractivity contribution >= 4 is 23.6 Å². The number of aryl methyl sites for hydroxylation is 1. The Morgan fingerprint density at radius 2 is 1.70 bits per heavy atom. The Labute approximate surface area is 157 Å². The number of hydrogen-bond acceptors (Lipinski definition) is 3. The summed E-state index contributed by atoms with van der Waals surface area (Å²) < 4.78 is 0. The van der Waals surface area contributed by atoms with Crippen LogP contribution < -0.4 is 16.0 Å². The summed E-state index contributed by atoms with van der Waals surface area (Å²) in [6.07, 6.45) is 0. The summed E-state index contributed by atoms with van der Waals surface area (Å²) in [6.45, 7) is 5.84. The number of amides is 3. The standard InChI is InChI=1S/C20H23N3O4/c1-12(2)22-18(24)17-10-16(9-4-13(17)3)23-20(27)21-11-14-5-7-15(8-6-14)19(25)26/h4-10,12H,11H2,1-3H3,(H,22,24)(H,25,26)(H2,21,23,27). The van der Waals surface area contributed by atoms with Crippen LogP contribution in [0.15, 0.2) is 42.5 Å². The molecule has 0 radical (unpaired) electrons. The third-order valence-corrected chi connectivity index (χ3v) is 3.81. The van der Waals surface area contributed by atoms with E-state index < -0.39 is 12.0 Å². The van der Waals surface area contributed by atoms with Gasteiger partial charge in [0.1, 0.15) is 0 Å². The van der Waals surface area contributed by atoms with E-state index in [0.29, 0.717) is 11.3 Å². The molecule has 0 saturated heterocycles. The second kappa shape index (κ2) is 8.84. The normalized spacial score (nSPS) is 10.4. The Bertz CT molecular complexity index is 845. The molecule has 7 nitrogen and oxygen atoms in total. The van der Waals surface area contributed by atoms with E-state index in [1.165, 1.54) is 12.1 Å². The van der Waals surface area contributed by atoms with E-state index in [1.807, 2.05) is 20.8 Å². The Balaban J connectivity index is 1.97. The molecule has 2 aromatic carbocycles. The van der Waals surface area contributed by atoms with Crippen LogP contribution in [0, 0.1) is 6.92 Å². The summed E-state index contributed by atoms with van der Waals surface area (Å²) in [4.78, 5) is 35.1. The molecule has 4 N–H and O–H groups in total. The molecule has 0 atom stereocenters. The van der Waals surface area contributed by atoms with Gasteiger partial charge in [-0.2, -0.15) is 0 Å². The minimum Gasteiger partial charge on any atom is -0.478 e. The molecule has 0 aliphatic rings. The molecule has 142 valence electrons. The van der Waals surface area contributed by atoms with Crippen molar-refractivity contribution in [3.63, 3.8) is 0 Å². The van der Waals surface area contributed by atoms with Crippen LogP contribution in [-0.4, -0.2) is 29.1 Å².